The van der Waals surface area contributed by atoms with Crippen LogP contribution in [0.25, 0.3) is 11.5 Å². The van der Waals surface area contributed by atoms with E-state index in [1.807, 2.05) is 6.07 Å². The lowest BCUT2D eigenvalue weighted by atomic mass is 9.87. The Hall–Kier alpha value is -1.87. The lowest BCUT2D eigenvalue weighted by molar-refractivity contribution is -0.261. The molecule has 9 heteroatoms. The summed E-state index contributed by atoms with van der Waals surface area (Å²) >= 11 is 0. The fraction of sp³-hybridized carbons (Fsp3) is 0.647. The van der Waals surface area contributed by atoms with E-state index >= 15 is 0 Å². The number of aliphatic hydroxyl groups is 1. The Labute approximate surface area is 147 Å². The van der Waals surface area contributed by atoms with Crippen LogP contribution in [0.1, 0.15) is 55.5 Å². The highest BCUT2D eigenvalue weighted by atomic mass is 19.4. The van der Waals surface area contributed by atoms with E-state index in [-0.39, 0.29) is 17.6 Å². The number of fused-ring (bicyclic) bond motifs is 3. The Bertz CT molecular complexity index is 819. The minimum absolute atomic E-state index is 0.258. The van der Waals surface area contributed by atoms with Gasteiger partial charge in [0.1, 0.15) is 11.4 Å². The molecule has 1 fully saturated rings. The van der Waals surface area contributed by atoms with Crippen molar-refractivity contribution >= 4 is 0 Å². The minimum Gasteiger partial charge on any atom is -0.381 e. The van der Waals surface area contributed by atoms with Gasteiger partial charge >= 0.3 is 6.18 Å². The molecule has 0 bridgehead atoms. The van der Waals surface area contributed by atoms with Crippen molar-refractivity contribution in [1.82, 2.24) is 14.9 Å². The predicted octanol–water partition coefficient (Wildman–Crippen LogP) is 3.32. The van der Waals surface area contributed by atoms with Crippen LogP contribution in [0, 0.1) is 0 Å². The zero-order valence-corrected chi connectivity index (χ0v) is 14.5. The first-order chi connectivity index (χ1) is 12.2. The van der Waals surface area contributed by atoms with Gasteiger partial charge in [-0.1, -0.05) is 12.1 Å². The molecule has 0 unspecified atom stereocenters. The van der Waals surface area contributed by atoms with Crippen molar-refractivity contribution in [3.63, 3.8) is 0 Å². The lowest BCUT2D eigenvalue weighted by Gasteiger charge is -2.27. The number of hydrogen-bond acceptors (Lipinski definition) is 5. The average molecular weight is 371 g/mol. The molecule has 1 N–H and O–H groups in total. The Morgan fingerprint density at radius 2 is 1.96 bits per heavy atom. The average Bonchev–Trinajstić information content (AvgIpc) is 3.19. The number of rotatable bonds is 2. The molecule has 2 aliphatic heterocycles. The van der Waals surface area contributed by atoms with E-state index in [9.17, 15) is 18.3 Å². The van der Waals surface area contributed by atoms with Gasteiger partial charge in [0.15, 0.2) is 5.76 Å². The second-order valence-electron chi connectivity index (χ2n) is 7.27. The summed E-state index contributed by atoms with van der Waals surface area (Å²) in [4.78, 5) is 0. The van der Waals surface area contributed by atoms with Gasteiger partial charge < -0.3 is 14.4 Å². The Morgan fingerprint density at radius 3 is 2.62 bits per heavy atom. The van der Waals surface area contributed by atoms with Crippen molar-refractivity contribution in [3.8, 4) is 11.5 Å². The van der Waals surface area contributed by atoms with Crippen molar-refractivity contribution in [2.45, 2.75) is 56.8 Å². The molecule has 4 heterocycles. The normalized spacial score (nSPS) is 23.4. The monoisotopic (exact) mass is 371 g/mol. The number of nitrogens with zero attached hydrogens (tertiary/aromatic N) is 3. The van der Waals surface area contributed by atoms with Gasteiger partial charge in [-0.2, -0.15) is 18.3 Å². The third kappa shape index (κ3) is 2.56. The summed E-state index contributed by atoms with van der Waals surface area (Å²) < 4.78 is 52.2. The molecule has 0 radical (unpaired) electrons. The van der Waals surface area contributed by atoms with E-state index in [0.29, 0.717) is 37.9 Å². The second-order valence-corrected chi connectivity index (χ2v) is 7.27. The van der Waals surface area contributed by atoms with E-state index in [1.165, 1.54) is 0 Å². The van der Waals surface area contributed by atoms with E-state index in [4.69, 9.17) is 9.26 Å². The Kier molecular flexibility index (Phi) is 3.92. The smallest absolute Gasteiger partial charge is 0.381 e. The molecule has 2 aliphatic rings. The highest BCUT2D eigenvalue weighted by Gasteiger charge is 2.55. The van der Waals surface area contributed by atoms with Gasteiger partial charge in [-0.25, -0.2) is 0 Å². The third-order valence-corrected chi connectivity index (χ3v) is 5.35. The first kappa shape index (κ1) is 17.5. The second kappa shape index (κ2) is 5.82. The first-order valence-corrected chi connectivity index (χ1v) is 8.65. The molecule has 142 valence electrons. The summed E-state index contributed by atoms with van der Waals surface area (Å²) in [5.41, 5.74) is -1.73. The van der Waals surface area contributed by atoms with E-state index in [2.05, 4.69) is 10.3 Å². The fourth-order valence-electron chi connectivity index (χ4n) is 3.73. The molecule has 4 rings (SSSR count). The van der Waals surface area contributed by atoms with Gasteiger partial charge in [0.2, 0.25) is 5.60 Å². The zero-order chi connectivity index (χ0) is 18.7. The van der Waals surface area contributed by atoms with Gasteiger partial charge in [0, 0.05) is 37.2 Å². The molecule has 0 amide bonds. The van der Waals surface area contributed by atoms with Crippen LogP contribution in [0.4, 0.5) is 13.2 Å². The SMILES string of the molecule is C[C@@H]1Cn2nc(C3CCOCC3)cc2-c2onc([C@](C)(O)C(F)(F)F)c21. The van der Waals surface area contributed by atoms with Crippen LogP contribution in [-0.4, -0.2) is 39.4 Å². The van der Waals surface area contributed by atoms with E-state index in [1.54, 1.807) is 11.6 Å². The number of hydrogen-bond donors (Lipinski definition) is 1. The Balaban J connectivity index is 1.77. The highest BCUT2D eigenvalue weighted by molar-refractivity contribution is 5.62. The van der Waals surface area contributed by atoms with Gasteiger partial charge in [-0.15, -0.1) is 0 Å². The van der Waals surface area contributed by atoms with Gasteiger partial charge in [-0.3, -0.25) is 4.68 Å². The molecule has 0 aliphatic carbocycles. The van der Waals surface area contributed by atoms with Gasteiger partial charge in [0.25, 0.3) is 0 Å². The van der Waals surface area contributed by atoms with Crippen LogP contribution in [-0.2, 0) is 16.9 Å². The summed E-state index contributed by atoms with van der Waals surface area (Å²) in [6, 6.07) is 1.86. The summed E-state index contributed by atoms with van der Waals surface area (Å²) in [5, 5.41) is 18.3. The molecule has 6 nitrogen and oxygen atoms in total. The highest BCUT2D eigenvalue weighted by Crippen LogP contribution is 2.46. The maximum atomic E-state index is 13.3. The minimum atomic E-state index is -4.84. The fourth-order valence-corrected chi connectivity index (χ4v) is 3.73. The largest absolute Gasteiger partial charge is 0.422 e. The summed E-state index contributed by atoms with van der Waals surface area (Å²) in [5.74, 6) is 0.213. The molecular weight excluding hydrogens is 351 g/mol. The van der Waals surface area contributed by atoms with Crippen molar-refractivity contribution in [2.24, 2.45) is 0 Å². The van der Waals surface area contributed by atoms with E-state index < -0.39 is 17.5 Å². The topological polar surface area (TPSA) is 73.3 Å². The van der Waals surface area contributed by atoms with E-state index in [0.717, 1.165) is 18.5 Å². The Morgan fingerprint density at radius 1 is 1.27 bits per heavy atom. The molecule has 2 aromatic rings. The van der Waals surface area contributed by atoms with Crippen LogP contribution >= 0.6 is 0 Å². The standard InChI is InChI=1S/C17H20F3N3O3/c1-9-8-23-12(7-11(21-23)10-3-5-25-6-4-10)14-13(9)15(22-26-14)16(2,24)17(18,19)20/h7,9-10,24H,3-6,8H2,1-2H3/t9-,16+/m1/s1. The van der Waals surface area contributed by atoms with Crippen LogP contribution in [0.5, 0.6) is 0 Å². The molecule has 1 saturated heterocycles. The van der Waals surface area contributed by atoms with Crippen LogP contribution < -0.4 is 0 Å². The molecule has 0 aromatic carbocycles. The first-order valence-electron chi connectivity index (χ1n) is 8.65. The molecular formula is C17H20F3N3O3. The molecule has 26 heavy (non-hydrogen) atoms. The maximum absolute atomic E-state index is 13.3. The molecule has 0 spiro atoms. The number of ether oxygens (including phenoxy) is 1. The summed E-state index contributed by atoms with van der Waals surface area (Å²) in [6.07, 6.45) is -3.12. The molecule has 2 atom stereocenters. The summed E-state index contributed by atoms with van der Waals surface area (Å²) in [7, 11) is 0. The van der Waals surface area contributed by atoms with Crippen molar-refractivity contribution < 1.29 is 27.5 Å². The summed E-state index contributed by atoms with van der Waals surface area (Å²) in [6.45, 7) is 4.25. The zero-order valence-electron chi connectivity index (χ0n) is 14.5. The predicted molar refractivity (Wildman–Crippen MR) is 84.6 cm³/mol. The number of aromatic nitrogens is 3. The van der Waals surface area contributed by atoms with Crippen molar-refractivity contribution in [3.05, 3.63) is 23.0 Å². The molecule has 2 aromatic heterocycles. The quantitative estimate of drug-likeness (QED) is 0.877. The van der Waals surface area contributed by atoms with Crippen LogP contribution in [0.15, 0.2) is 10.6 Å². The number of halogens is 3. The lowest BCUT2D eigenvalue weighted by Crippen LogP contribution is -2.40. The van der Waals surface area contributed by atoms with Crippen LogP contribution in [0.2, 0.25) is 0 Å². The van der Waals surface area contributed by atoms with Crippen molar-refractivity contribution in [1.29, 1.82) is 0 Å². The maximum Gasteiger partial charge on any atom is 0.422 e. The number of alkyl halides is 3. The van der Waals surface area contributed by atoms with Crippen LogP contribution in [0.3, 0.4) is 0 Å². The molecule has 0 saturated carbocycles. The van der Waals surface area contributed by atoms with Crippen molar-refractivity contribution in [2.75, 3.05) is 13.2 Å². The third-order valence-electron chi connectivity index (χ3n) is 5.35. The van der Waals surface area contributed by atoms with Gasteiger partial charge in [0.05, 0.1) is 5.69 Å². The van der Waals surface area contributed by atoms with Gasteiger partial charge in [-0.05, 0) is 25.8 Å².